The van der Waals surface area contributed by atoms with Gasteiger partial charge in [-0.1, -0.05) is 0 Å². The van der Waals surface area contributed by atoms with Crippen molar-refractivity contribution in [2.45, 2.75) is 20.4 Å². The van der Waals surface area contributed by atoms with Crippen molar-refractivity contribution < 1.29 is 14.5 Å². The zero-order valence-electron chi connectivity index (χ0n) is 13.2. The molecular formula is C16H18N2O4S. The Morgan fingerprint density at radius 3 is 2.61 bits per heavy atom. The number of nitrogens with zero attached hydrogens (tertiary/aromatic N) is 2. The second kappa shape index (κ2) is 7.23. The summed E-state index contributed by atoms with van der Waals surface area (Å²) in [5.41, 5.74) is 1.71. The van der Waals surface area contributed by atoms with E-state index in [1.54, 1.807) is 36.3 Å². The molecular weight excluding hydrogens is 316 g/mol. The standard InChI is InChI=1S/C16H18N2O4S/c1-11-6-7-23-15(11)9-17(3)16(19)10-22-13-4-5-14(18(20)21)12(2)8-13/h4-8H,9-10H2,1-3H3. The van der Waals surface area contributed by atoms with Crippen LogP contribution >= 0.6 is 11.3 Å². The number of thiophene rings is 1. The van der Waals surface area contributed by atoms with Gasteiger partial charge in [0.05, 0.1) is 11.5 Å². The van der Waals surface area contributed by atoms with Crippen molar-refractivity contribution in [1.29, 1.82) is 0 Å². The Labute approximate surface area is 138 Å². The molecule has 7 heteroatoms. The first-order chi connectivity index (χ1) is 10.9. The fourth-order valence-corrected chi connectivity index (χ4v) is 3.01. The molecule has 1 aromatic heterocycles. The third-order valence-electron chi connectivity index (χ3n) is 3.50. The van der Waals surface area contributed by atoms with Crippen molar-refractivity contribution >= 4 is 22.9 Å². The van der Waals surface area contributed by atoms with Crippen molar-refractivity contribution in [2.24, 2.45) is 0 Å². The van der Waals surface area contributed by atoms with Gasteiger partial charge in [-0.05, 0) is 43.0 Å². The second-order valence-corrected chi connectivity index (χ2v) is 6.27. The predicted octanol–water partition coefficient (Wildman–Crippen LogP) is 3.31. The second-order valence-electron chi connectivity index (χ2n) is 5.27. The van der Waals surface area contributed by atoms with E-state index in [9.17, 15) is 14.9 Å². The molecule has 1 aromatic carbocycles. The number of carbonyl (C=O) groups is 1. The maximum Gasteiger partial charge on any atom is 0.272 e. The molecule has 0 unspecified atom stereocenters. The van der Waals surface area contributed by atoms with Gasteiger partial charge in [-0.3, -0.25) is 14.9 Å². The smallest absolute Gasteiger partial charge is 0.272 e. The quantitative estimate of drug-likeness (QED) is 0.600. The Morgan fingerprint density at radius 1 is 1.30 bits per heavy atom. The summed E-state index contributed by atoms with van der Waals surface area (Å²) in [5.74, 6) is 0.302. The minimum absolute atomic E-state index is 0.0361. The van der Waals surface area contributed by atoms with E-state index in [1.165, 1.54) is 17.7 Å². The molecule has 1 amide bonds. The summed E-state index contributed by atoms with van der Waals surface area (Å²) < 4.78 is 5.44. The molecule has 0 radical (unpaired) electrons. The summed E-state index contributed by atoms with van der Waals surface area (Å²) in [7, 11) is 1.73. The van der Waals surface area contributed by atoms with Gasteiger partial charge >= 0.3 is 0 Å². The number of hydrogen-bond donors (Lipinski definition) is 0. The highest BCUT2D eigenvalue weighted by Crippen LogP contribution is 2.23. The number of nitro groups is 1. The van der Waals surface area contributed by atoms with Gasteiger partial charge in [-0.2, -0.15) is 0 Å². The Morgan fingerprint density at radius 2 is 2.04 bits per heavy atom. The van der Waals surface area contributed by atoms with Gasteiger partial charge < -0.3 is 9.64 Å². The van der Waals surface area contributed by atoms with Crippen LogP contribution in [0.2, 0.25) is 0 Å². The maximum absolute atomic E-state index is 12.1. The van der Waals surface area contributed by atoms with Crippen molar-refractivity contribution in [3.8, 4) is 5.75 Å². The molecule has 0 atom stereocenters. The average molecular weight is 334 g/mol. The number of benzene rings is 1. The van der Waals surface area contributed by atoms with Gasteiger partial charge in [0.25, 0.3) is 11.6 Å². The Kier molecular flexibility index (Phi) is 5.33. The SMILES string of the molecule is Cc1cc(OCC(=O)N(C)Cc2sccc2C)ccc1[N+](=O)[O-]. The lowest BCUT2D eigenvalue weighted by Gasteiger charge is -2.17. The van der Waals surface area contributed by atoms with E-state index in [1.807, 2.05) is 18.4 Å². The number of nitro benzene ring substituents is 1. The number of ether oxygens (including phenoxy) is 1. The van der Waals surface area contributed by atoms with Crippen LogP contribution in [0.1, 0.15) is 16.0 Å². The van der Waals surface area contributed by atoms with Crippen LogP contribution in [-0.2, 0) is 11.3 Å². The van der Waals surface area contributed by atoms with Crippen LogP contribution in [-0.4, -0.2) is 29.4 Å². The monoisotopic (exact) mass is 334 g/mol. The normalized spacial score (nSPS) is 10.4. The molecule has 0 bridgehead atoms. The summed E-state index contributed by atoms with van der Waals surface area (Å²) in [6.07, 6.45) is 0. The number of rotatable bonds is 6. The van der Waals surface area contributed by atoms with Crippen molar-refractivity contribution in [1.82, 2.24) is 4.90 Å². The lowest BCUT2D eigenvalue weighted by atomic mass is 10.2. The molecule has 0 aliphatic heterocycles. The largest absolute Gasteiger partial charge is 0.484 e. The summed E-state index contributed by atoms with van der Waals surface area (Å²) in [6, 6.07) is 6.47. The average Bonchev–Trinajstić information content (AvgIpc) is 2.89. The van der Waals surface area contributed by atoms with E-state index in [0.717, 1.165) is 4.88 Å². The third-order valence-corrected chi connectivity index (χ3v) is 4.51. The molecule has 2 aromatic rings. The zero-order chi connectivity index (χ0) is 17.0. The summed E-state index contributed by atoms with van der Waals surface area (Å²) >= 11 is 1.62. The zero-order valence-corrected chi connectivity index (χ0v) is 14.1. The summed E-state index contributed by atoms with van der Waals surface area (Å²) in [4.78, 5) is 25.2. The van der Waals surface area contributed by atoms with Crippen molar-refractivity contribution in [3.05, 3.63) is 55.8 Å². The number of amides is 1. The lowest BCUT2D eigenvalue weighted by Crippen LogP contribution is -2.30. The van der Waals surface area contributed by atoms with E-state index in [2.05, 4.69) is 0 Å². The lowest BCUT2D eigenvalue weighted by molar-refractivity contribution is -0.385. The molecule has 0 aliphatic carbocycles. The van der Waals surface area contributed by atoms with Crippen LogP contribution in [0.5, 0.6) is 5.75 Å². The molecule has 2 rings (SSSR count). The van der Waals surface area contributed by atoms with Gasteiger partial charge in [0.15, 0.2) is 6.61 Å². The fraction of sp³-hybridized carbons (Fsp3) is 0.312. The molecule has 0 saturated carbocycles. The molecule has 1 heterocycles. The van der Waals surface area contributed by atoms with E-state index in [0.29, 0.717) is 17.9 Å². The minimum atomic E-state index is -0.443. The molecule has 0 fully saturated rings. The van der Waals surface area contributed by atoms with Crippen LogP contribution in [0.4, 0.5) is 5.69 Å². The van der Waals surface area contributed by atoms with Crippen LogP contribution < -0.4 is 4.74 Å². The first kappa shape index (κ1) is 17.0. The molecule has 6 nitrogen and oxygen atoms in total. The fourth-order valence-electron chi connectivity index (χ4n) is 2.05. The minimum Gasteiger partial charge on any atom is -0.484 e. The van der Waals surface area contributed by atoms with Crippen LogP contribution in [0.25, 0.3) is 0 Å². The molecule has 0 spiro atoms. The molecule has 0 aliphatic rings. The van der Waals surface area contributed by atoms with Gasteiger partial charge in [0.2, 0.25) is 0 Å². The topological polar surface area (TPSA) is 72.7 Å². The number of hydrogen-bond acceptors (Lipinski definition) is 5. The van der Waals surface area contributed by atoms with E-state index < -0.39 is 4.92 Å². The van der Waals surface area contributed by atoms with Crippen molar-refractivity contribution in [3.63, 3.8) is 0 Å². The Bertz CT molecular complexity index is 727. The van der Waals surface area contributed by atoms with Gasteiger partial charge in [0, 0.05) is 23.6 Å². The maximum atomic E-state index is 12.1. The first-order valence-electron chi connectivity index (χ1n) is 7.03. The van der Waals surface area contributed by atoms with Gasteiger partial charge in [-0.25, -0.2) is 0 Å². The third kappa shape index (κ3) is 4.29. The predicted molar refractivity (Wildman–Crippen MR) is 88.9 cm³/mol. The first-order valence-corrected chi connectivity index (χ1v) is 7.91. The number of aryl methyl sites for hydroxylation is 2. The van der Waals surface area contributed by atoms with Crippen LogP contribution in [0.3, 0.4) is 0 Å². The van der Waals surface area contributed by atoms with Gasteiger partial charge in [-0.15, -0.1) is 11.3 Å². The van der Waals surface area contributed by atoms with Gasteiger partial charge in [0.1, 0.15) is 5.75 Å². The molecule has 0 N–H and O–H groups in total. The number of likely N-dealkylation sites (N-methyl/N-ethyl adjacent to an activating group) is 1. The molecule has 122 valence electrons. The number of carbonyl (C=O) groups excluding carboxylic acids is 1. The van der Waals surface area contributed by atoms with E-state index >= 15 is 0 Å². The highest BCUT2D eigenvalue weighted by atomic mass is 32.1. The summed E-state index contributed by atoms with van der Waals surface area (Å²) in [5, 5.41) is 12.8. The van der Waals surface area contributed by atoms with Crippen LogP contribution in [0.15, 0.2) is 29.6 Å². The van der Waals surface area contributed by atoms with Crippen molar-refractivity contribution in [2.75, 3.05) is 13.7 Å². The highest BCUT2D eigenvalue weighted by molar-refractivity contribution is 7.10. The summed E-state index contributed by atoms with van der Waals surface area (Å²) in [6.45, 7) is 4.10. The molecule has 23 heavy (non-hydrogen) atoms. The Hall–Kier alpha value is -2.41. The van der Waals surface area contributed by atoms with E-state index in [-0.39, 0.29) is 18.2 Å². The Balaban J connectivity index is 1.92. The van der Waals surface area contributed by atoms with Crippen LogP contribution in [0, 0.1) is 24.0 Å². The molecule has 0 saturated heterocycles. The highest BCUT2D eigenvalue weighted by Gasteiger charge is 2.14. The van der Waals surface area contributed by atoms with E-state index in [4.69, 9.17) is 4.74 Å².